The Labute approximate surface area is 207 Å². The molecule has 8 heteroatoms. The van der Waals surface area contributed by atoms with Crippen LogP contribution in [0.3, 0.4) is 0 Å². The van der Waals surface area contributed by atoms with Crippen LogP contribution >= 0.6 is 0 Å². The van der Waals surface area contributed by atoms with Gasteiger partial charge in [0, 0.05) is 19.8 Å². The number of hydrogen-bond acceptors (Lipinski definition) is 4. The lowest BCUT2D eigenvalue weighted by Crippen LogP contribution is -2.52. The molecule has 0 radical (unpaired) electrons. The molecule has 0 saturated carbocycles. The van der Waals surface area contributed by atoms with E-state index in [2.05, 4.69) is 5.43 Å². The summed E-state index contributed by atoms with van der Waals surface area (Å²) >= 11 is 0. The minimum absolute atomic E-state index is 0.105. The van der Waals surface area contributed by atoms with Gasteiger partial charge in [-0.1, -0.05) is 70.2 Å². The normalized spacial score (nSPS) is 13.1. The van der Waals surface area contributed by atoms with Gasteiger partial charge in [-0.25, -0.2) is 10.5 Å². The van der Waals surface area contributed by atoms with Gasteiger partial charge in [0.05, 0.1) is 11.8 Å². The van der Waals surface area contributed by atoms with E-state index in [9.17, 15) is 19.6 Å². The standard InChI is InChI=1S/C27H38N4O4/c1-19(2)17-23(22(26(33)29-35)14-9-13-21-11-7-6-8-12-21)25(32)28-31(18-20(3)4)27(34)24-15-10-16-30(24)5/h6-13,15-16,19-20,22-23,35H,14,17-18H2,1-5H3,(H,28,32)(H,29,33)/t22-,23+/m0/s1. The molecule has 2 aromatic rings. The fourth-order valence-corrected chi connectivity index (χ4v) is 4.00. The van der Waals surface area contributed by atoms with Gasteiger partial charge < -0.3 is 4.57 Å². The number of hydroxylamine groups is 1. The number of hydrazine groups is 1. The van der Waals surface area contributed by atoms with Gasteiger partial charge >= 0.3 is 0 Å². The van der Waals surface area contributed by atoms with Gasteiger partial charge in [-0.15, -0.1) is 0 Å². The van der Waals surface area contributed by atoms with Crippen molar-refractivity contribution in [3.05, 3.63) is 66.0 Å². The second-order valence-corrected chi connectivity index (χ2v) is 9.66. The number of hydrogen-bond donors (Lipinski definition) is 3. The summed E-state index contributed by atoms with van der Waals surface area (Å²) in [7, 11) is 1.77. The van der Waals surface area contributed by atoms with Crippen LogP contribution in [0.2, 0.25) is 0 Å². The predicted molar refractivity (Wildman–Crippen MR) is 136 cm³/mol. The third-order valence-corrected chi connectivity index (χ3v) is 5.70. The summed E-state index contributed by atoms with van der Waals surface area (Å²) < 4.78 is 1.70. The maximum Gasteiger partial charge on any atom is 0.288 e. The van der Waals surface area contributed by atoms with Crippen LogP contribution in [-0.2, 0) is 16.6 Å². The Morgan fingerprint density at radius 3 is 2.20 bits per heavy atom. The number of aromatic nitrogens is 1. The van der Waals surface area contributed by atoms with E-state index in [0.717, 1.165) is 5.56 Å². The summed E-state index contributed by atoms with van der Waals surface area (Å²) in [6, 6.07) is 13.1. The molecule has 0 unspecified atom stereocenters. The number of allylic oxidation sites excluding steroid dienone is 1. The first-order valence-corrected chi connectivity index (χ1v) is 12.0. The van der Waals surface area contributed by atoms with Crippen LogP contribution in [0.25, 0.3) is 6.08 Å². The van der Waals surface area contributed by atoms with E-state index in [0.29, 0.717) is 18.7 Å². The average Bonchev–Trinajstić information content (AvgIpc) is 3.25. The Kier molecular flexibility index (Phi) is 10.7. The van der Waals surface area contributed by atoms with E-state index < -0.39 is 23.7 Å². The van der Waals surface area contributed by atoms with Crippen LogP contribution in [0.5, 0.6) is 0 Å². The number of nitrogens with one attached hydrogen (secondary N) is 2. The molecule has 3 N–H and O–H groups in total. The molecule has 190 valence electrons. The first-order valence-electron chi connectivity index (χ1n) is 12.0. The van der Waals surface area contributed by atoms with Crippen LogP contribution in [0.15, 0.2) is 54.7 Å². The van der Waals surface area contributed by atoms with Gasteiger partial charge in [0.1, 0.15) is 5.69 Å². The molecule has 0 aliphatic heterocycles. The second-order valence-electron chi connectivity index (χ2n) is 9.66. The summed E-state index contributed by atoms with van der Waals surface area (Å²) in [5, 5.41) is 10.7. The van der Waals surface area contributed by atoms with Crippen molar-refractivity contribution in [1.82, 2.24) is 20.5 Å². The third kappa shape index (κ3) is 8.40. The van der Waals surface area contributed by atoms with Crippen molar-refractivity contribution in [2.24, 2.45) is 30.7 Å². The van der Waals surface area contributed by atoms with Crippen LogP contribution in [0.1, 0.15) is 56.6 Å². The fraction of sp³-hybridized carbons (Fsp3) is 0.444. The molecule has 1 aromatic heterocycles. The van der Waals surface area contributed by atoms with Gasteiger partial charge in [0.2, 0.25) is 11.8 Å². The Balaban J connectivity index is 2.29. The molecule has 0 fully saturated rings. The molecule has 1 heterocycles. The highest BCUT2D eigenvalue weighted by Gasteiger charge is 2.35. The largest absolute Gasteiger partial charge is 0.347 e. The summed E-state index contributed by atoms with van der Waals surface area (Å²) in [5.74, 6) is -2.73. The minimum atomic E-state index is -0.812. The quantitative estimate of drug-likeness (QED) is 0.332. The maximum atomic E-state index is 13.5. The summed E-state index contributed by atoms with van der Waals surface area (Å²) in [6.07, 6.45) is 6.15. The highest BCUT2D eigenvalue weighted by Crippen LogP contribution is 2.26. The van der Waals surface area contributed by atoms with E-state index in [4.69, 9.17) is 0 Å². The number of carbonyl (C=O) groups is 3. The molecule has 8 nitrogen and oxygen atoms in total. The first kappa shape index (κ1) is 27.9. The number of carbonyl (C=O) groups excluding carboxylic acids is 3. The lowest BCUT2D eigenvalue weighted by atomic mass is 9.82. The smallest absolute Gasteiger partial charge is 0.288 e. The Hall–Kier alpha value is -3.39. The monoisotopic (exact) mass is 482 g/mol. The zero-order chi connectivity index (χ0) is 26.0. The molecule has 0 aliphatic rings. The van der Waals surface area contributed by atoms with E-state index in [1.165, 1.54) is 5.01 Å². The molecule has 2 atom stereocenters. The zero-order valence-corrected chi connectivity index (χ0v) is 21.3. The average molecular weight is 483 g/mol. The van der Waals surface area contributed by atoms with Crippen LogP contribution in [0, 0.1) is 23.7 Å². The number of aryl methyl sites for hydroxylation is 1. The molecule has 0 spiro atoms. The van der Waals surface area contributed by atoms with Crippen molar-refractivity contribution >= 4 is 23.8 Å². The van der Waals surface area contributed by atoms with Crippen molar-refractivity contribution in [1.29, 1.82) is 0 Å². The topological polar surface area (TPSA) is 104 Å². The van der Waals surface area contributed by atoms with E-state index in [1.807, 2.05) is 70.2 Å². The van der Waals surface area contributed by atoms with Crippen molar-refractivity contribution in [3.63, 3.8) is 0 Å². The highest BCUT2D eigenvalue weighted by molar-refractivity contribution is 5.95. The molecular weight excluding hydrogens is 444 g/mol. The van der Waals surface area contributed by atoms with Crippen LogP contribution < -0.4 is 10.9 Å². The summed E-state index contributed by atoms with van der Waals surface area (Å²) in [4.78, 5) is 39.4. The summed E-state index contributed by atoms with van der Waals surface area (Å²) in [5.41, 5.74) is 5.92. The SMILES string of the molecule is CC(C)C[C@@H](C(=O)NN(CC(C)C)C(=O)c1cccn1C)[C@H](CC=Cc1ccccc1)C(=O)NO. The molecule has 35 heavy (non-hydrogen) atoms. The van der Waals surface area contributed by atoms with Crippen LogP contribution in [-0.4, -0.2) is 39.0 Å². The number of rotatable bonds is 11. The van der Waals surface area contributed by atoms with Gasteiger partial charge in [-0.2, -0.15) is 0 Å². The number of nitrogens with zero attached hydrogens (tertiary/aromatic N) is 2. The third-order valence-electron chi connectivity index (χ3n) is 5.70. The zero-order valence-electron chi connectivity index (χ0n) is 21.3. The Bertz CT molecular complexity index is 998. The van der Waals surface area contributed by atoms with E-state index in [1.54, 1.807) is 35.4 Å². The Morgan fingerprint density at radius 2 is 1.66 bits per heavy atom. The molecule has 1 aromatic carbocycles. The molecule has 0 bridgehead atoms. The number of amides is 3. The first-order chi connectivity index (χ1) is 16.6. The van der Waals surface area contributed by atoms with Crippen molar-refractivity contribution in [2.45, 2.75) is 40.5 Å². The maximum absolute atomic E-state index is 13.5. The van der Waals surface area contributed by atoms with E-state index >= 15 is 0 Å². The van der Waals surface area contributed by atoms with Gasteiger partial charge in [-0.05, 0) is 42.4 Å². The van der Waals surface area contributed by atoms with Crippen molar-refractivity contribution in [3.8, 4) is 0 Å². The van der Waals surface area contributed by atoms with Crippen molar-refractivity contribution in [2.75, 3.05) is 6.54 Å². The predicted octanol–water partition coefficient (Wildman–Crippen LogP) is 4.04. The van der Waals surface area contributed by atoms with Crippen LogP contribution in [0.4, 0.5) is 0 Å². The van der Waals surface area contributed by atoms with Crippen molar-refractivity contribution < 1.29 is 19.6 Å². The second kappa shape index (κ2) is 13.5. The number of benzene rings is 1. The fourth-order valence-electron chi connectivity index (χ4n) is 4.00. The van der Waals surface area contributed by atoms with Gasteiger partial charge in [-0.3, -0.25) is 25.0 Å². The molecule has 3 amide bonds. The molecule has 2 rings (SSSR count). The highest BCUT2D eigenvalue weighted by atomic mass is 16.5. The van der Waals surface area contributed by atoms with Gasteiger partial charge in [0.15, 0.2) is 0 Å². The molecule has 0 saturated heterocycles. The van der Waals surface area contributed by atoms with E-state index in [-0.39, 0.29) is 24.2 Å². The Morgan fingerprint density at radius 1 is 0.971 bits per heavy atom. The molecule has 0 aliphatic carbocycles. The summed E-state index contributed by atoms with van der Waals surface area (Å²) in [6.45, 7) is 8.16. The minimum Gasteiger partial charge on any atom is -0.347 e. The lowest BCUT2D eigenvalue weighted by molar-refractivity contribution is -0.142. The molecular formula is C27H38N4O4. The lowest BCUT2D eigenvalue weighted by Gasteiger charge is -2.30. The van der Waals surface area contributed by atoms with Gasteiger partial charge in [0.25, 0.3) is 5.91 Å².